The molecule has 1 N–H and O–H groups in total. The lowest BCUT2D eigenvalue weighted by Gasteiger charge is -2.24. The normalized spacial score (nSPS) is 25.2. The first-order chi connectivity index (χ1) is 9.63. The molecule has 2 atom stereocenters. The van der Waals surface area contributed by atoms with Crippen molar-refractivity contribution in [2.45, 2.75) is 32.2 Å². The van der Waals surface area contributed by atoms with E-state index < -0.39 is 0 Å². The quantitative estimate of drug-likeness (QED) is 0.659. The van der Waals surface area contributed by atoms with Gasteiger partial charge in [0.1, 0.15) is 5.69 Å². The molecule has 2 fully saturated rings. The van der Waals surface area contributed by atoms with Gasteiger partial charge in [-0.1, -0.05) is 13.3 Å². The second-order valence-corrected chi connectivity index (χ2v) is 5.72. The van der Waals surface area contributed by atoms with Gasteiger partial charge in [0, 0.05) is 32.7 Å². The smallest absolute Gasteiger partial charge is 0.334 e. The van der Waals surface area contributed by atoms with Crippen LogP contribution in [0.5, 0.6) is 0 Å². The Kier molecular flexibility index (Phi) is 3.37. The summed E-state index contributed by atoms with van der Waals surface area (Å²) in [5, 5.41) is 19.3. The van der Waals surface area contributed by atoms with E-state index in [4.69, 9.17) is 0 Å². The molecular weight excluding hydrogens is 258 g/mol. The van der Waals surface area contributed by atoms with Crippen LogP contribution in [0.15, 0.2) is 0 Å². The van der Waals surface area contributed by atoms with Crippen molar-refractivity contribution in [2.24, 2.45) is 13.0 Å². The molecule has 110 valence electrons. The van der Waals surface area contributed by atoms with Gasteiger partial charge in [0.15, 0.2) is 0 Å². The average Bonchev–Trinajstić information content (AvgIpc) is 3.03. The molecule has 7 heteroatoms. The third kappa shape index (κ3) is 1.96. The minimum atomic E-state index is -0.261. The molecule has 0 bridgehead atoms. The Morgan fingerprint density at radius 1 is 1.50 bits per heavy atom. The van der Waals surface area contributed by atoms with Crippen molar-refractivity contribution in [3.05, 3.63) is 15.8 Å². The van der Waals surface area contributed by atoms with Crippen molar-refractivity contribution >= 4 is 11.5 Å². The fraction of sp³-hybridized carbons (Fsp3) is 0.769. The second kappa shape index (κ2) is 5.05. The van der Waals surface area contributed by atoms with Crippen molar-refractivity contribution in [3.63, 3.8) is 0 Å². The summed E-state index contributed by atoms with van der Waals surface area (Å²) in [5.74, 6) is 1.30. The summed E-state index contributed by atoms with van der Waals surface area (Å²) in [5.41, 5.74) is 0.825. The van der Waals surface area contributed by atoms with E-state index in [1.54, 1.807) is 4.68 Å². The predicted molar refractivity (Wildman–Crippen MR) is 76.0 cm³/mol. The zero-order valence-electron chi connectivity index (χ0n) is 12.0. The molecule has 0 aliphatic carbocycles. The lowest BCUT2D eigenvalue weighted by molar-refractivity contribution is -0.384. The Labute approximate surface area is 118 Å². The van der Waals surface area contributed by atoms with Crippen LogP contribution in [0, 0.1) is 16.0 Å². The van der Waals surface area contributed by atoms with E-state index in [2.05, 4.69) is 15.3 Å². The second-order valence-electron chi connectivity index (χ2n) is 5.72. The van der Waals surface area contributed by atoms with Crippen LogP contribution in [0.3, 0.4) is 0 Å². The maximum absolute atomic E-state index is 11.5. The Hall–Kier alpha value is -1.63. The van der Waals surface area contributed by atoms with Crippen molar-refractivity contribution in [1.29, 1.82) is 0 Å². The molecule has 0 unspecified atom stereocenters. The van der Waals surface area contributed by atoms with E-state index in [-0.39, 0.29) is 10.6 Å². The van der Waals surface area contributed by atoms with Crippen molar-refractivity contribution in [2.75, 3.05) is 24.5 Å². The molecule has 3 rings (SSSR count). The number of nitrogens with zero attached hydrogens (tertiary/aromatic N) is 4. The lowest BCUT2D eigenvalue weighted by atomic mass is 10.1. The summed E-state index contributed by atoms with van der Waals surface area (Å²) >= 11 is 0. The number of aryl methyl sites for hydroxylation is 2. The standard InChI is InChI=1S/C13H21N5O2/c1-3-4-10-12(18(19)20)13(16(2)15-10)17-6-5-9-7-14-8-11(9)17/h9,11,14H,3-8H2,1-2H3/t9-,11+/m0/s1. The third-order valence-electron chi connectivity index (χ3n) is 4.45. The van der Waals surface area contributed by atoms with Crippen molar-refractivity contribution < 1.29 is 4.92 Å². The Morgan fingerprint density at radius 3 is 3.00 bits per heavy atom. The summed E-state index contributed by atoms with van der Waals surface area (Å²) in [4.78, 5) is 13.4. The number of hydrogen-bond acceptors (Lipinski definition) is 5. The molecule has 0 aromatic carbocycles. The molecule has 2 aliphatic rings. The number of anilines is 1. The first-order valence-corrected chi connectivity index (χ1v) is 7.31. The van der Waals surface area contributed by atoms with Gasteiger partial charge in [0.25, 0.3) is 0 Å². The molecule has 0 radical (unpaired) electrons. The number of nitro groups is 1. The molecular formula is C13H21N5O2. The van der Waals surface area contributed by atoms with E-state index >= 15 is 0 Å². The fourth-order valence-corrected chi connectivity index (χ4v) is 3.58. The van der Waals surface area contributed by atoms with Gasteiger partial charge in [-0.3, -0.25) is 10.1 Å². The van der Waals surface area contributed by atoms with Crippen LogP contribution in [0.1, 0.15) is 25.5 Å². The minimum absolute atomic E-state index is 0.210. The highest BCUT2D eigenvalue weighted by Gasteiger charge is 2.42. The monoisotopic (exact) mass is 279 g/mol. The number of aromatic nitrogens is 2. The van der Waals surface area contributed by atoms with Crippen LogP contribution in [-0.2, 0) is 13.5 Å². The third-order valence-corrected chi connectivity index (χ3v) is 4.45. The van der Waals surface area contributed by atoms with E-state index in [9.17, 15) is 10.1 Å². The number of fused-ring (bicyclic) bond motifs is 1. The summed E-state index contributed by atoms with van der Waals surface area (Å²) < 4.78 is 1.70. The fourth-order valence-electron chi connectivity index (χ4n) is 3.58. The molecule has 7 nitrogen and oxygen atoms in total. The van der Waals surface area contributed by atoms with E-state index in [1.807, 2.05) is 14.0 Å². The highest BCUT2D eigenvalue weighted by Crippen LogP contribution is 2.38. The lowest BCUT2D eigenvalue weighted by Crippen LogP contribution is -2.35. The molecule has 2 aliphatic heterocycles. The number of rotatable bonds is 4. The summed E-state index contributed by atoms with van der Waals surface area (Å²) in [6.45, 7) is 4.85. The van der Waals surface area contributed by atoms with Crippen molar-refractivity contribution in [3.8, 4) is 0 Å². The van der Waals surface area contributed by atoms with E-state index in [0.717, 1.165) is 32.5 Å². The molecule has 0 spiro atoms. The van der Waals surface area contributed by atoms with Gasteiger partial charge in [0.2, 0.25) is 5.82 Å². The maximum atomic E-state index is 11.5. The predicted octanol–water partition coefficient (Wildman–Crippen LogP) is 1.08. The molecule has 3 heterocycles. The van der Waals surface area contributed by atoms with Crippen LogP contribution in [-0.4, -0.2) is 40.4 Å². The molecule has 1 aromatic rings. The van der Waals surface area contributed by atoms with Crippen molar-refractivity contribution in [1.82, 2.24) is 15.1 Å². The minimum Gasteiger partial charge on any atom is -0.346 e. The maximum Gasteiger partial charge on any atom is 0.334 e. The molecule has 0 saturated carbocycles. The Morgan fingerprint density at radius 2 is 2.30 bits per heavy atom. The van der Waals surface area contributed by atoms with Crippen LogP contribution < -0.4 is 10.2 Å². The Balaban J connectivity index is 2.02. The van der Waals surface area contributed by atoms with Gasteiger partial charge in [-0.25, -0.2) is 4.68 Å². The number of nitrogens with one attached hydrogen (secondary N) is 1. The van der Waals surface area contributed by atoms with Gasteiger partial charge >= 0.3 is 5.69 Å². The molecule has 1 aromatic heterocycles. The van der Waals surface area contributed by atoms with Gasteiger partial charge in [-0.2, -0.15) is 5.10 Å². The van der Waals surface area contributed by atoms with Crippen LogP contribution in [0.2, 0.25) is 0 Å². The highest BCUT2D eigenvalue weighted by molar-refractivity contribution is 5.63. The molecule has 2 saturated heterocycles. The molecule has 20 heavy (non-hydrogen) atoms. The summed E-state index contributed by atoms with van der Waals surface area (Å²) in [6, 6.07) is 0.374. The largest absolute Gasteiger partial charge is 0.346 e. The Bertz CT molecular complexity index is 527. The number of hydrogen-bond donors (Lipinski definition) is 1. The zero-order chi connectivity index (χ0) is 14.3. The van der Waals surface area contributed by atoms with Crippen LogP contribution >= 0.6 is 0 Å². The van der Waals surface area contributed by atoms with E-state index in [1.165, 1.54) is 0 Å². The SMILES string of the molecule is CCCc1nn(C)c(N2CC[C@H]3CNC[C@H]32)c1[N+](=O)[O-]. The zero-order valence-corrected chi connectivity index (χ0v) is 12.0. The van der Waals surface area contributed by atoms with Crippen LogP contribution in [0.4, 0.5) is 11.5 Å². The average molecular weight is 279 g/mol. The first kappa shape index (κ1) is 13.4. The highest BCUT2D eigenvalue weighted by atomic mass is 16.6. The summed E-state index contributed by atoms with van der Waals surface area (Å²) in [6.07, 6.45) is 2.62. The van der Waals surface area contributed by atoms with Gasteiger partial charge in [-0.15, -0.1) is 0 Å². The van der Waals surface area contributed by atoms with Gasteiger partial charge in [-0.05, 0) is 18.8 Å². The molecule has 0 amide bonds. The van der Waals surface area contributed by atoms with Crippen LogP contribution in [0.25, 0.3) is 0 Å². The van der Waals surface area contributed by atoms with Gasteiger partial charge in [0.05, 0.1) is 4.92 Å². The van der Waals surface area contributed by atoms with E-state index in [0.29, 0.717) is 29.9 Å². The topological polar surface area (TPSA) is 76.2 Å². The first-order valence-electron chi connectivity index (χ1n) is 7.31. The van der Waals surface area contributed by atoms with Gasteiger partial charge < -0.3 is 10.2 Å². The summed E-state index contributed by atoms with van der Waals surface area (Å²) in [7, 11) is 1.82.